The van der Waals surface area contributed by atoms with E-state index in [9.17, 15) is 18.0 Å². The summed E-state index contributed by atoms with van der Waals surface area (Å²) in [6.07, 6.45) is 6.61. The van der Waals surface area contributed by atoms with Gasteiger partial charge in [-0.1, -0.05) is 29.3 Å². The molecule has 1 atom stereocenters. The van der Waals surface area contributed by atoms with E-state index in [1.165, 1.54) is 44.5 Å². The molecule has 0 heterocycles. The van der Waals surface area contributed by atoms with Gasteiger partial charge in [0.2, 0.25) is 10.0 Å². The molecule has 29 heavy (non-hydrogen) atoms. The number of sulfonamides is 1. The number of hydrogen-bond donors (Lipinski definition) is 1. The molecule has 0 bridgehead atoms. The number of nitrogens with zero attached hydrogens (tertiary/aromatic N) is 1. The van der Waals surface area contributed by atoms with Crippen LogP contribution in [-0.4, -0.2) is 50.8 Å². The summed E-state index contributed by atoms with van der Waals surface area (Å²) in [6.45, 7) is 3.35. The largest absolute Gasteiger partial charge is 0.452 e. The molecule has 1 aliphatic rings. The number of esters is 1. The van der Waals surface area contributed by atoms with Crippen LogP contribution in [0.25, 0.3) is 0 Å². The van der Waals surface area contributed by atoms with Gasteiger partial charge in [-0.3, -0.25) is 9.59 Å². The Morgan fingerprint density at radius 3 is 2.52 bits per heavy atom. The van der Waals surface area contributed by atoms with Crippen LogP contribution in [0.2, 0.25) is 0 Å². The minimum absolute atomic E-state index is 0.0983. The highest BCUT2D eigenvalue weighted by Crippen LogP contribution is 2.19. The molecule has 0 radical (unpaired) electrons. The second-order valence-corrected chi connectivity index (χ2v) is 9.40. The van der Waals surface area contributed by atoms with Crippen LogP contribution < -0.4 is 5.32 Å². The number of benzene rings is 1. The predicted octanol–water partition coefficient (Wildman–Crippen LogP) is 2.55. The lowest BCUT2D eigenvalue weighted by atomic mass is 9.97. The number of amides is 1. The SMILES string of the molecule is Cc1ccc(S(=O)(=O)N(C)CC(=O)O[C@H](C)C(=O)NCCC2=CCCCC2)cc1. The van der Waals surface area contributed by atoms with Crippen molar-refractivity contribution in [2.75, 3.05) is 20.1 Å². The monoisotopic (exact) mass is 422 g/mol. The first-order chi connectivity index (χ1) is 13.7. The Morgan fingerprint density at radius 1 is 1.21 bits per heavy atom. The highest BCUT2D eigenvalue weighted by Gasteiger charge is 2.25. The minimum atomic E-state index is -3.81. The summed E-state index contributed by atoms with van der Waals surface area (Å²) in [5.41, 5.74) is 2.29. The quantitative estimate of drug-likeness (QED) is 0.488. The zero-order valence-electron chi connectivity index (χ0n) is 17.3. The molecule has 0 saturated heterocycles. The van der Waals surface area contributed by atoms with Gasteiger partial charge in [0.05, 0.1) is 4.90 Å². The molecule has 1 aromatic rings. The minimum Gasteiger partial charge on any atom is -0.452 e. The van der Waals surface area contributed by atoms with Crippen LogP contribution in [0.5, 0.6) is 0 Å². The van der Waals surface area contributed by atoms with Crippen LogP contribution in [0.15, 0.2) is 40.8 Å². The second-order valence-electron chi connectivity index (χ2n) is 7.36. The maximum absolute atomic E-state index is 12.5. The van der Waals surface area contributed by atoms with Crippen molar-refractivity contribution < 1.29 is 22.7 Å². The fourth-order valence-corrected chi connectivity index (χ4v) is 4.18. The molecule has 0 spiro atoms. The Morgan fingerprint density at radius 2 is 1.90 bits per heavy atom. The summed E-state index contributed by atoms with van der Waals surface area (Å²) in [5.74, 6) is -1.17. The van der Waals surface area contributed by atoms with Gasteiger partial charge < -0.3 is 10.1 Å². The number of allylic oxidation sites excluding steroid dienone is 1. The number of rotatable bonds is 9. The van der Waals surface area contributed by atoms with Gasteiger partial charge >= 0.3 is 5.97 Å². The van der Waals surface area contributed by atoms with E-state index in [1.54, 1.807) is 12.1 Å². The molecule has 2 rings (SSSR count). The molecule has 1 aliphatic carbocycles. The summed E-state index contributed by atoms with van der Waals surface area (Å²) in [7, 11) is -2.50. The van der Waals surface area contributed by atoms with Gasteiger partial charge in [0.1, 0.15) is 6.54 Å². The summed E-state index contributed by atoms with van der Waals surface area (Å²) in [4.78, 5) is 24.3. The van der Waals surface area contributed by atoms with Gasteiger partial charge in [-0.15, -0.1) is 0 Å². The third kappa shape index (κ3) is 6.97. The van der Waals surface area contributed by atoms with Gasteiger partial charge in [-0.2, -0.15) is 4.31 Å². The molecule has 1 aromatic carbocycles. The Hall–Kier alpha value is -2.19. The molecule has 1 N–H and O–H groups in total. The zero-order chi connectivity index (χ0) is 21.4. The molecular formula is C21H30N2O5S. The Kier molecular flexibility index (Phi) is 8.40. The summed E-state index contributed by atoms with van der Waals surface area (Å²) in [5, 5.41) is 2.76. The van der Waals surface area contributed by atoms with E-state index < -0.39 is 28.6 Å². The van der Waals surface area contributed by atoms with E-state index >= 15 is 0 Å². The van der Waals surface area contributed by atoms with Gasteiger partial charge in [0.15, 0.2) is 6.10 Å². The van der Waals surface area contributed by atoms with Crippen LogP contribution in [0.3, 0.4) is 0 Å². The van der Waals surface area contributed by atoms with E-state index in [0.717, 1.165) is 29.1 Å². The van der Waals surface area contributed by atoms with E-state index in [1.807, 2.05) is 6.92 Å². The number of nitrogens with one attached hydrogen (secondary N) is 1. The lowest BCUT2D eigenvalue weighted by molar-refractivity contribution is -0.154. The number of likely N-dealkylation sites (N-methyl/N-ethyl adjacent to an activating group) is 1. The molecular weight excluding hydrogens is 392 g/mol. The van der Waals surface area contributed by atoms with Gasteiger partial charge in [-0.25, -0.2) is 8.42 Å². The smallest absolute Gasteiger partial charge is 0.322 e. The summed E-state index contributed by atoms with van der Waals surface area (Å²) < 4.78 is 31.1. The Balaban J connectivity index is 1.79. The molecule has 0 aliphatic heterocycles. The maximum Gasteiger partial charge on any atom is 0.322 e. The van der Waals surface area contributed by atoms with Crippen molar-refractivity contribution in [3.05, 3.63) is 41.5 Å². The Labute approximate surface area is 173 Å². The van der Waals surface area contributed by atoms with E-state index in [4.69, 9.17) is 4.74 Å². The zero-order valence-corrected chi connectivity index (χ0v) is 18.1. The lowest BCUT2D eigenvalue weighted by Gasteiger charge is -2.19. The molecule has 160 valence electrons. The molecule has 1 amide bonds. The van der Waals surface area contributed by atoms with Crippen LogP contribution in [-0.2, 0) is 24.3 Å². The molecule has 0 aromatic heterocycles. The Bertz CT molecular complexity index is 846. The lowest BCUT2D eigenvalue weighted by Crippen LogP contribution is -2.39. The number of ether oxygens (including phenoxy) is 1. The third-order valence-corrected chi connectivity index (χ3v) is 6.71. The normalized spacial score (nSPS) is 15.5. The predicted molar refractivity (Wildman–Crippen MR) is 111 cm³/mol. The van der Waals surface area contributed by atoms with Crippen molar-refractivity contribution in [3.63, 3.8) is 0 Å². The van der Waals surface area contributed by atoms with Crippen LogP contribution in [0.4, 0.5) is 0 Å². The first-order valence-corrected chi connectivity index (χ1v) is 11.3. The van der Waals surface area contributed by atoms with Crippen molar-refractivity contribution >= 4 is 21.9 Å². The number of carbonyl (C=O) groups excluding carboxylic acids is 2. The molecule has 8 heteroatoms. The first kappa shape index (κ1) is 23.1. The number of hydrogen-bond acceptors (Lipinski definition) is 5. The van der Waals surface area contributed by atoms with E-state index in [-0.39, 0.29) is 10.8 Å². The van der Waals surface area contributed by atoms with E-state index in [0.29, 0.717) is 6.54 Å². The van der Waals surface area contributed by atoms with Crippen LogP contribution in [0, 0.1) is 6.92 Å². The molecule has 0 fully saturated rings. The van der Waals surface area contributed by atoms with Crippen molar-refractivity contribution in [1.82, 2.24) is 9.62 Å². The van der Waals surface area contributed by atoms with Crippen molar-refractivity contribution in [1.29, 1.82) is 0 Å². The van der Waals surface area contributed by atoms with Crippen molar-refractivity contribution in [2.24, 2.45) is 0 Å². The van der Waals surface area contributed by atoms with Gasteiger partial charge in [-0.05, 0) is 58.1 Å². The van der Waals surface area contributed by atoms with Crippen molar-refractivity contribution in [2.45, 2.75) is 57.0 Å². The molecule has 0 saturated carbocycles. The standard InChI is InChI=1S/C21H30N2O5S/c1-16-9-11-19(12-10-16)29(26,27)23(3)15-20(24)28-17(2)21(25)22-14-13-18-7-5-4-6-8-18/h7,9-12,17H,4-6,8,13-15H2,1-3H3,(H,22,25)/t17-/m1/s1. The highest BCUT2D eigenvalue weighted by molar-refractivity contribution is 7.89. The number of aryl methyl sites for hydroxylation is 1. The van der Waals surface area contributed by atoms with Crippen LogP contribution >= 0.6 is 0 Å². The third-order valence-electron chi connectivity index (χ3n) is 4.89. The fourth-order valence-electron chi connectivity index (χ4n) is 3.07. The average molecular weight is 423 g/mol. The first-order valence-electron chi connectivity index (χ1n) is 9.88. The maximum atomic E-state index is 12.5. The second kappa shape index (κ2) is 10.5. The summed E-state index contributed by atoms with van der Waals surface area (Å²) >= 11 is 0. The van der Waals surface area contributed by atoms with Crippen LogP contribution in [0.1, 0.15) is 44.6 Å². The molecule has 0 unspecified atom stereocenters. The van der Waals surface area contributed by atoms with Gasteiger partial charge in [0.25, 0.3) is 5.91 Å². The topological polar surface area (TPSA) is 92.8 Å². The summed E-state index contributed by atoms with van der Waals surface area (Å²) in [6, 6.07) is 6.36. The number of carbonyl (C=O) groups is 2. The van der Waals surface area contributed by atoms with Gasteiger partial charge in [0, 0.05) is 13.6 Å². The van der Waals surface area contributed by atoms with Crippen molar-refractivity contribution in [3.8, 4) is 0 Å². The molecule has 7 nitrogen and oxygen atoms in total. The van der Waals surface area contributed by atoms with E-state index in [2.05, 4.69) is 11.4 Å². The highest BCUT2D eigenvalue weighted by atomic mass is 32.2. The fraction of sp³-hybridized carbons (Fsp3) is 0.524. The average Bonchev–Trinajstić information content (AvgIpc) is 2.68.